The Balaban J connectivity index is 2.09. The molecule has 0 saturated heterocycles. The summed E-state index contributed by atoms with van der Waals surface area (Å²) in [6, 6.07) is 2.03. The fraction of sp³-hybridized carbons (Fsp3) is 0.462. The Kier molecular flexibility index (Phi) is 3.92. The lowest BCUT2D eigenvalue weighted by atomic mass is 10.2. The van der Waals surface area contributed by atoms with Crippen LogP contribution in [0.4, 0.5) is 5.82 Å². The van der Waals surface area contributed by atoms with Crippen LogP contribution in [-0.4, -0.2) is 20.2 Å². The fourth-order valence-electron chi connectivity index (χ4n) is 1.84. The minimum Gasteiger partial charge on any atom is -0.364 e. The first kappa shape index (κ1) is 12.5. The number of H-pyrrole nitrogens is 1. The predicted molar refractivity (Wildman–Crippen MR) is 71.4 cm³/mol. The molecule has 0 fully saturated rings. The lowest BCUT2D eigenvalue weighted by molar-refractivity contribution is 0.881. The van der Waals surface area contributed by atoms with Crippen molar-refractivity contribution < 1.29 is 0 Å². The molecule has 0 aliphatic carbocycles. The zero-order valence-electron chi connectivity index (χ0n) is 11.1. The van der Waals surface area contributed by atoms with Gasteiger partial charge in [-0.25, -0.2) is 9.97 Å². The van der Waals surface area contributed by atoms with Crippen LogP contribution < -0.4 is 5.32 Å². The number of aryl methyl sites for hydroxylation is 3. The Morgan fingerprint density at radius 3 is 2.83 bits per heavy atom. The molecule has 0 aliphatic heterocycles. The lowest BCUT2D eigenvalue weighted by Crippen LogP contribution is -2.07. The van der Waals surface area contributed by atoms with Crippen LogP contribution in [0.15, 0.2) is 12.3 Å². The summed E-state index contributed by atoms with van der Waals surface area (Å²) in [5.41, 5.74) is 3.22. The average Bonchev–Trinajstić information content (AvgIpc) is 2.76. The van der Waals surface area contributed by atoms with Gasteiger partial charge in [0.15, 0.2) is 0 Å². The van der Waals surface area contributed by atoms with Crippen molar-refractivity contribution in [1.82, 2.24) is 20.2 Å². The summed E-state index contributed by atoms with van der Waals surface area (Å²) in [6.45, 7) is 6.73. The van der Waals surface area contributed by atoms with Crippen molar-refractivity contribution >= 4 is 5.82 Å². The van der Waals surface area contributed by atoms with Crippen LogP contribution in [0.1, 0.15) is 36.1 Å². The number of hydrogen-bond acceptors (Lipinski definition) is 4. The number of anilines is 1. The first-order valence-electron chi connectivity index (χ1n) is 6.26. The summed E-state index contributed by atoms with van der Waals surface area (Å²) in [5, 5.41) is 10.5. The smallest absolute Gasteiger partial charge is 0.133 e. The number of rotatable bonds is 5. The second-order valence-corrected chi connectivity index (χ2v) is 4.44. The van der Waals surface area contributed by atoms with E-state index >= 15 is 0 Å². The van der Waals surface area contributed by atoms with E-state index in [-0.39, 0.29) is 0 Å². The SMILES string of the molecule is CCCc1cnc(C)nc1NCc1cc(C)[nH]n1. The largest absolute Gasteiger partial charge is 0.364 e. The van der Waals surface area contributed by atoms with Crippen molar-refractivity contribution in [3.05, 3.63) is 35.0 Å². The molecule has 0 spiro atoms. The van der Waals surface area contributed by atoms with Crippen LogP contribution in [-0.2, 0) is 13.0 Å². The monoisotopic (exact) mass is 245 g/mol. The van der Waals surface area contributed by atoms with Gasteiger partial charge < -0.3 is 5.32 Å². The molecule has 0 saturated carbocycles. The van der Waals surface area contributed by atoms with E-state index in [1.807, 2.05) is 26.1 Å². The first-order valence-corrected chi connectivity index (χ1v) is 6.26. The van der Waals surface area contributed by atoms with Gasteiger partial charge in [0.25, 0.3) is 0 Å². The summed E-state index contributed by atoms with van der Waals surface area (Å²) < 4.78 is 0. The van der Waals surface area contributed by atoms with Gasteiger partial charge in [-0.1, -0.05) is 13.3 Å². The maximum atomic E-state index is 4.45. The van der Waals surface area contributed by atoms with E-state index in [9.17, 15) is 0 Å². The second kappa shape index (κ2) is 5.62. The third-order valence-electron chi connectivity index (χ3n) is 2.70. The molecule has 2 heterocycles. The minimum atomic E-state index is 0.678. The Morgan fingerprint density at radius 1 is 1.33 bits per heavy atom. The van der Waals surface area contributed by atoms with Gasteiger partial charge in [-0.2, -0.15) is 5.10 Å². The van der Waals surface area contributed by atoms with Crippen molar-refractivity contribution in [2.45, 2.75) is 40.2 Å². The Hall–Kier alpha value is -1.91. The quantitative estimate of drug-likeness (QED) is 0.848. The van der Waals surface area contributed by atoms with Crippen molar-refractivity contribution in [2.24, 2.45) is 0 Å². The first-order chi connectivity index (χ1) is 8.69. The molecule has 5 nitrogen and oxygen atoms in total. The number of hydrogen-bond donors (Lipinski definition) is 2. The van der Waals surface area contributed by atoms with Gasteiger partial charge in [-0.05, 0) is 26.3 Å². The zero-order chi connectivity index (χ0) is 13.0. The molecule has 0 aliphatic rings. The molecule has 2 aromatic heterocycles. The van der Waals surface area contributed by atoms with Gasteiger partial charge in [0, 0.05) is 17.5 Å². The van der Waals surface area contributed by atoms with Crippen LogP contribution >= 0.6 is 0 Å². The number of aromatic nitrogens is 4. The van der Waals surface area contributed by atoms with E-state index in [4.69, 9.17) is 0 Å². The summed E-state index contributed by atoms with van der Waals surface area (Å²) in [7, 11) is 0. The molecule has 2 N–H and O–H groups in total. The highest BCUT2D eigenvalue weighted by Crippen LogP contribution is 2.14. The third kappa shape index (κ3) is 3.06. The van der Waals surface area contributed by atoms with Crippen LogP contribution in [0.3, 0.4) is 0 Å². The lowest BCUT2D eigenvalue weighted by Gasteiger charge is -2.09. The summed E-state index contributed by atoms with van der Waals surface area (Å²) in [4.78, 5) is 8.70. The third-order valence-corrected chi connectivity index (χ3v) is 2.70. The summed E-state index contributed by atoms with van der Waals surface area (Å²) in [5.74, 6) is 1.71. The van der Waals surface area contributed by atoms with Crippen molar-refractivity contribution in [3.8, 4) is 0 Å². The van der Waals surface area contributed by atoms with E-state index in [0.717, 1.165) is 41.4 Å². The molecule has 0 bridgehead atoms. The molecule has 2 rings (SSSR count). The Labute approximate surface area is 107 Å². The van der Waals surface area contributed by atoms with E-state index in [1.165, 1.54) is 0 Å². The maximum Gasteiger partial charge on any atom is 0.133 e. The minimum absolute atomic E-state index is 0.678. The topological polar surface area (TPSA) is 66.5 Å². The van der Waals surface area contributed by atoms with Gasteiger partial charge in [0.2, 0.25) is 0 Å². The molecule has 0 radical (unpaired) electrons. The molecule has 0 atom stereocenters. The second-order valence-electron chi connectivity index (χ2n) is 4.44. The highest BCUT2D eigenvalue weighted by molar-refractivity contribution is 5.43. The zero-order valence-corrected chi connectivity index (χ0v) is 11.1. The van der Waals surface area contributed by atoms with Gasteiger partial charge in [0.1, 0.15) is 11.6 Å². The van der Waals surface area contributed by atoms with Crippen LogP contribution in [0.2, 0.25) is 0 Å². The molecule has 0 unspecified atom stereocenters. The van der Waals surface area contributed by atoms with E-state index in [1.54, 1.807) is 0 Å². The molecular weight excluding hydrogens is 226 g/mol. The number of nitrogens with one attached hydrogen (secondary N) is 2. The normalized spacial score (nSPS) is 10.6. The molecule has 0 amide bonds. The predicted octanol–water partition coefficient (Wildman–Crippen LogP) is 2.38. The number of aromatic amines is 1. The average molecular weight is 245 g/mol. The maximum absolute atomic E-state index is 4.45. The van der Waals surface area contributed by atoms with Crippen LogP contribution in [0.25, 0.3) is 0 Å². The molecule has 18 heavy (non-hydrogen) atoms. The van der Waals surface area contributed by atoms with Crippen LogP contribution in [0, 0.1) is 13.8 Å². The molecule has 96 valence electrons. The fourth-order valence-corrected chi connectivity index (χ4v) is 1.84. The molecular formula is C13H19N5. The van der Waals surface area contributed by atoms with Crippen molar-refractivity contribution in [1.29, 1.82) is 0 Å². The van der Waals surface area contributed by atoms with Gasteiger partial charge >= 0.3 is 0 Å². The standard InChI is InChI=1S/C13H19N5/c1-4-5-11-7-14-10(3)16-13(11)15-8-12-6-9(2)17-18-12/h6-7H,4-5,8H2,1-3H3,(H,17,18)(H,14,15,16). The highest BCUT2D eigenvalue weighted by atomic mass is 15.1. The Bertz CT molecular complexity index is 518. The summed E-state index contributed by atoms with van der Waals surface area (Å²) >= 11 is 0. The van der Waals surface area contributed by atoms with Crippen molar-refractivity contribution in [3.63, 3.8) is 0 Å². The van der Waals surface area contributed by atoms with Crippen LogP contribution in [0.5, 0.6) is 0 Å². The summed E-state index contributed by atoms with van der Waals surface area (Å²) in [6.07, 6.45) is 3.98. The number of nitrogens with zero attached hydrogens (tertiary/aromatic N) is 3. The van der Waals surface area contributed by atoms with E-state index in [0.29, 0.717) is 6.54 Å². The van der Waals surface area contributed by atoms with Gasteiger partial charge in [-0.15, -0.1) is 0 Å². The van der Waals surface area contributed by atoms with E-state index in [2.05, 4.69) is 32.4 Å². The molecule has 2 aromatic rings. The van der Waals surface area contributed by atoms with Crippen molar-refractivity contribution in [2.75, 3.05) is 5.32 Å². The van der Waals surface area contributed by atoms with E-state index < -0.39 is 0 Å². The Morgan fingerprint density at radius 2 is 2.17 bits per heavy atom. The molecule has 5 heteroatoms. The molecule has 0 aromatic carbocycles. The van der Waals surface area contributed by atoms with Gasteiger partial charge in [0.05, 0.1) is 12.2 Å². The highest BCUT2D eigenvalue weighted by Gasteiger charge is 2.05. The van der Waals surface area contributed by atoms with Gasteiger partial charge in [-0.3, -0.25) is 5.10 Å².